The van der Waals surface area contributed by atoms with Crippen LogP contribution in [0, 0.1) is 6.92 Å². The number of unbranched alkanes of at least 4 members (excludes halogenated alkanes) is 1. The Kier molecular flexibility index (Phi) is 8.45. The third-order valence-electron chi connectivity index (χ3n) is 3.91. The van der Waals surface area contributed by atoms with E-state index in [1.165, 1.54) is 10.5 Å². The van der Waals surface area contributed by atoms with Crippen LogP contribution in [0.15, 0.2) is 64.4 Å². The summed E-state index contributed by atoms with van der Waals surface area (Å²) in [4.78, 5) is 16.5. The van der Waals surface area contributed by atoms with E-state index in [4.69, 9.17) is 0 Å². The predicted octanol–water partition coefficient (Wildman–Crippen LogP) is 4.62. The van der Waals surface area contributed by atoms with Crippen LogP contribution in [0.4, 0.5) is 0 Å². The van der Waals surface area contributed by atoms with Crippen molar-refractivity contribution in [1.82, 2.24) is 10.2 Å². The van der Waals surface area contributed by atoms with Crippen molar-refractivity contribution in [3.05, 3.63) is 65.7 Å². The molecule has 3 nitrogen and oxygen atoms in total. The molecule has 0 atom stereocenters. The molecule has 4 heteroatoms. The number of aryl methyl sites for hydroxylation is 1. The summed E-state index contributed by atoms with van der Waals surface area (Å²) in [6, 6.07) is 16.6. The number of nitrogens with zero attached hydrogens (tertiary/aromatic N) is 1. The molecule has 0 heterocycles. The minimum Gasteiger partial charge on any atom is -0.353 e. The Morgan fingerprint density at radius 1 is 1.08 bits per heavy atom. The summed E-state index contributed by atoms with van der Waals surface area (Å²) >= 11 is 1.71. The molecule has 1 N–H and O–H groups in total. The van der Waals surface area contributed by atoms with Crippen molar-refractivity contribution < 1.29 is 4.79 Å². The van der Waals surface area contributed by atoms with Crippen LogP contribution in [0.3, 0.4) is 0 Å². The molecule has 0 saturated heterocycles. The number of benzene rings is 2. The van der Waals surface area contributed by atoms with Gasteiger partial charge in [-0.25, -0.2) is 0 Å². The molecule has 138 valence electrons. The maximum absolute atomic E-state index is 12.0. The Hall–Kier alpha value is -2.04. The molecular formula is C22H28N2OS. The highest BCUT2D eigenvalue weighted by molar-refractivity contribution is 7.99. The van der Waals surface area contributed by atoms with E-state index in [2.05, 4.69) is 61.6 Å². The first-order chi connectivity index (χ1) is 12.5. The van der Waals surface area contributed by atoms with E-state index in [0.29, 0.717) is 0 Å². The van der Waals surface area contributed by atoms with Crippen LogP contribution >= 0.6 is 11.8 Å². The molecule has 2 aromatic carbocycles. The molecule has 0 aliphatic heterocycles. The van der Waals surface area contributed by atoms with Crippen molar-refractivity contribution in [1.29, 1.82) is 0 Å². The molecule has 0 radical (unpaired) electrons. The highest BCUT2D eigenvalue weighted by atomic mass is 32.2. The average molecular weight is 369 g/mol. The van der Waals surface area contributed by atoms with Crippen LogP contribution < -0.4 is 5.32 Å². The lowest BCUT2D eigenvalue weighted by atomic mass is 10.2. The highest BCUT2D eigenvalue weighted by Crippen LogP contribution is 2.31. The molecule has 0 aliphatic carbocycles. The molecular weight excluding hydrogens is 340 g/mol. The zero-order valence-corrected chi connectivity index (χ0v) is 16.7. The van der Waals surface area contributed by atoms with Crippen LogP contribution in [0.2, 0.25) is 0 Å². The number of amides is 1. The standard InChI is InChI=1S/C22H28N2OS/c1-18-10-13-20(14-11-18)26-21-9-5-4-8-19(21)12-15-22(25)23-16-6-7-17-24(2)3/h4-5,8-15H,6-7,16-17H2,1-3H3,(H,23,25)/b15-12+. The van der Waals surface area contributed by atoms with Gasteiger partial charge in [-0.2, -0.15) is 0 Å². The SMILES string of the molecule is Cc1ccc(Sc2ccccc2/C=C/C(=O)NCCCCN(C)C)cc1. The third-order valence-corrected chi connectivity index (χ3v) is 5.01. The molecule has 1 amide bonds. The second-order valence-corrected chi connectivity index (χ2v) is 7.70. The summed E-state index contributed by atoms with van der Waals surface area (Å²) in [5, 5.41) is 2.95. The number of hydrogen-bond acceptors (Lipinski definition) is 3. The first-order valence-electron chi connectivity index (χ1n) is 8.99. The van der Waals surface area contributed by atoms with Crippen molar-refractivity contribution >= 4 is 23.7 Å². The smallest absolute Gasteiger partial charge is 0.243 e. The maximum Gasteiger partial charge on any atom is 0.243 e. The van der Waals surface area contributed by atoms with Crippen molar-refractivity contribution in [3.63, 3.8) is 0 Å². The fourth-order valence-electron chi connectivity index (χ4n) is 2.43. The van der Waals surface area contributed by atoms with E-state index >= 15 is 0 Å². The van der Waals surface area contributed by atoms with E-state index in [1.54, 1.807) is 17.8 Å². The highest BCUT2D eigenvalue weighted by Gasteiger charge is 2.03. The molecule has 0 aliphatic rings. The van der Waals surface area contributed by atoms with Gasteiger partial charge in [0.2, 0.25) is 5.91 Å². The first-order valence-corrected chi connectivity index (χ1v) is 9.80. The fraction of sp³-hybridized carbons (Fsp3) is 0.318. The summed E-state index contributed by atoms with van der Waals surface area (Å²) in [6.07, 6.45) is 5.61. The largest absolute Gasteiger partial charge is 0.353 e. The summed E-state index contributed by atoms with van der Waals surface area (Å²) in [5.41, 5.74) is 2.31. The summed E-state index contributed by atoms with van der Waals surface area (Å²) in [7, 11) is 4.13. The molecule has 0 bridgehead atoms. The van der Waals surface area contributed by atoms with Gasteiger partial charge in [0.25, 0.3) is 0 Å². The Morgan fingerprint density at radius 3 is 2.54 bits per heavy atom. The van der Waals surface area contributed by atoms with E-state index < -0.39 is 0 Å². The first kappa shape index (κ1) is 20.3. The number of carbonyl (C=O) groups excluding carboxylic acids is 1. The van der Waals surface area contributed by atoms with Gasteiger partial charge in [-0.05, 0) is 70.2 Å². The van der Waals surface area contributed by atoms with E-state index in [-0.39, 0.29) is 5.91 Å². The van der Waals surface area contributed by atoms with Gasteiger partial charge in [-0.3, -0.25) is 4.79 Å². The van der Waals surface area contributed by atoms with Crippen molar-refractivity contribution in [3.8, 4) is 0 Å². The van der Waals surface area contributed by atoms with E-state index in [1.807, 2.05) is 24.3 Å². The Labute approximate surface area is 161 Å². The number of hydrogen-bond donors (Lipinski definition) is 1. The molecule has 2 rings (SSSR count). The van der Waals surface area contributed by atoms with Crippen LogP contribution in [-0.2, 0) is 4.79 Å². The van der Waals surface area contributed by atoms with Crippen molar-refractivity contribution in [2.45, 2.75) is 29.6 Å². The van der Waals surface area contributed by atoms with E-state index in [9.17, 15) is 4.79 Å². The lowest BCUT2D eigenvalue weighted by Gasteiger charge is -2.09. The zero-order chi connectivity index (χ0) is 18.8. The fourth-order valence-corrected chi connectivity index (χ4v) is 3.36. The number of carbonyl (C=O) groups is 1. The van der Waals surface area contributed by atoms with Crippen LogP contribution in [0.1, 0.15) is 24.0 Å². The van der Waals surface area contributed by atoms with E-state index in [0.717, 1.165) is 36.4 Å². The molecule has 0 aromatic heterocycles. The number of nitrogens with one attached hydrogen (secondary N) is 1. The van der Waals surface area contributed by atoms with Gasteiger partial charge in [0.05, 0.1) is 0 Å². The van der Waals surface area contributed by atoms with Gasteiger partial charge in [0.15, 0.2) is 0 Å². The average Bonchev–Trinajstić information content (AvgIpc) is 2.62. The van der Waals surface area contributed by atoms with Crippen LogP contribution in [0.5, 0.6) is 0 Å². The van der Waals surface area contributed by atoms with Gasteiger partial charge in [0.1, 0.15) is 0 Å². The van der Waals surface area contributed by atoms with Crippen LogP contribution in [0.25, 0.3) is 6.08 Å². The number of rotatable bonds is 9. The molecule has 0 spiro atoms. The monoisotopic (exact) mass is 368 g/mol. The molecule has 0 saturated carbocycles. The summed E-state index contributed by atoms with van der Waals surface area (Å²) in [6.45, 7) is 3.86. The minimum atomic E-state index is -0.0370. The zero-order valence-electron chi connectivity index (χ0n) is 15.9. The van der Waals surface area contributed by atoms with Crippen molar-refractivity contribution in [2.75, 3.05) is 27.2 Å². The Morgan fingerprint density at radius 2 is 1.81 bits per heavy atom. The Bertz CT molecular complexity index is 723. The van der Waals surface area contributed by atoms with Crippen LogP contribution in [-0.4, -0.2) is 38.0 Å². The molecule has 0 fully saturated rings. The summed E-state index contributed by atoms with van der Waals surface area (Å²) in [5.74, 6) is -0.0370. The molecule has 2 aromatic rings. The maximum atomic E-state index is 12.0. The van der Waals surface area contributed by atoms with Gasteiger partial charge in [-0.1, -0.05) is 47.7 Å². The minimum absolute atomic E-state index is 0.0370. The van der Waals surface area contributed by atoms with Gasteiger partial charge >= 0.3 is 0 Å². The summed E-state index contributed by atoms with van der Waals surface area (Å²) < 4.78 is 0. The third kappa shape index (κ3) is 7.46. The van der Waals surface area contributed by atoms with Gasteiger partial charge in [0, 0.05) is 22.4 Å². The quantitative estimate of drug-likeness (QED) is 0.518. The molecule has 26 heavy (non-hydrogen) atoms. The second-order valence-electron chi connectivity index (χ2n) is 6.59. The lowest BCUT2D eigenvalue weighted by molar-refractivity contribution is -0.116. The van der Waals surface area contributed by atoms with Gasteiger partial charge < -0.3 is 10.2 Å². The van der Waals surface area contributed by atoms with Crippen molar-refractivity contribution in [2.24, 2.45) is 0 Å². The lowest BCUT2D eigenvalue weighted by Crippen LogP contribution is -2.23. The Balaban J connectivity index is 1.89. The van der Waals surface area contributed by atoms with Gasteiger partial charge in [-0.15, -0.1) is 0 Å². The molecule has 0 unspecified atom stereocenters. The topological polar surface area (TPSA) is 32.3 Å². The normalized spacial score (nSPS) is 11.2. The predicted molar refractivity (Wildman–Crippen MR) is 112 cm³/mol. The second kappa shape index (κ2) is 10.8.